The van der Waals surface area contributed by atoms with Crippen LogP contribution in [0.25, 0.3) is 0 Å². The fourth-order valence-electron chi connectivity index (χ4n) is 2.42. The molecule has 0 saturated heterocycles. The van der Waals surface area contributed by atoms with E-state index in [4.69, 9.17) is 33.2 Å². The molecule has 0 spiro atoms. The van der Waals surface area contributed by atoms with E-state index in [2.05, 4.69) is 0 Å². The van der Waals surface area contributed by atoms with Crippen molar-refractivity contribution in [3.05, 3.63) is 0 Å². The highest BCUT2D eigenvalue weighted by atomic mass is 16.6. The van der Waals surface area contributed by atoms with Crippen LogP contribution in [0.3, 0.4) is 0 Å². The summed E-state index contributed by atoms with van der Waals surface area (Å²) >= 11 is 0. The van der Waals surface area contributed by atoms with Gasteiger partial charge in [0.15, 0.2) is 0 Å². The Balaban J connectivity index is 3.79. The zero-order chi connectivity index (χ0) is 23.6. The van der Waals surface area contributed by atoms with Crippen molar-refractivity contribution in [1.29, 1.82) is 0 Å². The minimum atomic E-state index is -0.419. The molecule has 0 bridgehead atoms. The molecule has 0 aromatic rings. The Kier molecular flexibility index (Phi) is 19.0. The first-order valence-corrected chi connectivity index (χ1v) is 11.5. The third-order valence-corrected chi connectivity index (χ3v) is 4.52. The number of aliphatic hydroxyl groups is 1. The van der Waals surface area contributed by atoms with E-state index in [1.54, 1.807) is 7.11 Å². The lowest BCUT2D eigenvalue weighted by Gasteiger charge is -2.22. The first-order valence-electron chi connectivity index (χ1n) is 11.5. The van der Waals surface area contributed by atoms with Gasteiger partial charge in [-0.1, -0.05) is 6.92 Å². The number of aliphatic hydroxyl groups excluding tert-OH is 1. The highest BCUT2D eigenvalue weighted by molar-refractivity contribution is 4.59. The van der Waals surface area contributed by atoms with Crippen molar-refractivity contribution >= 4 is 0 Å². The molecule has 7 unspecified atom stereocenters. The van der Waals surface area contributed by atoms with Crippen LogP contribution >= 0.6 is 0 Å². The molecule has 0 aliphatic carbocycles. The molecular formula is C23H48O8. The minimum absolute atomic E-state index is 0.00589. The van der Waals surface area contributed by atoms with E-state index in [1.165, 1.54) is 0 Å². The molecule has 0 amide bonds. The number of rotatable bonds is 21. The van der Waals surface area contributed by atoms with E-state index in [1.807, 2.05) is 48.5 Å². The van der Waals surface area contributed by atoms with Crippen LogP contribution in [-0.4, -0.2) is 101 Å². The smallest absolute Gasteiger partial charge is 0.0781 e. The van der Waals surface area contributed by atoms with Gasteiger partial charge in [-0.15, -0.1) is 0 Å². The summed E-state index contributed by atoms with van der Waals surface area (Å²) in [6.07, 6.45) is 0.121. The Morgan fingerprint density at radius 3 is 1.00 bits per heavy atom. The maximum atomic E-state index is 9.53. The molecule has 8 nitrogen and oxygen atoms in total. The van der Waals surface area contributed by atoms with Crippen molar-refractivity contribution in [3.63, 3.8) is 0 Å². The van der Waals surface area contributed by atoms with E-state index in [-0.39, 0.29) is 36.6 Å². The maximum Gasteiger partial charge on any atom is 0.0781 e. The predicted molar refractivity (Wildman–Crippen MR) is 121 cm³/mol. The van der Waals surface area contributed by atoms with E-state index >= 15 is 0 Å². The van der Waals surface area contributed by atoms with Crippen molar-refractivity contribution in [1.82, 2.24) is 0 Å². The van der Waals surface area contributed by atoms with Gasteiger partial charge in [-0.25, -0.2) is 0 Å². The van der Waals surface area contributed by atoms with Gasteiger partial charge in [0.1, 0.15) is 0 Å². The second kappa shape index (κ2) is 19.2. The molecule has 31 heavy (non-hydrogen) atoms. The number of ether oxygens (including phenoxy) is 7. The highest BCUT2D eigenvalue weighted by Crippen LogP contribution is 2.04. The molecule has 0 heterocycles. The average Bonchev–Trinajstić information content (AvgIpc) is 2.75. The van der Waals surface area contributed by atoms with Crippen molar-refractivity contribution in [2.24, 2.45) is 0 Å². The van der Waals surface area contributed by atoms with Crippen molar-refractivity contribution in [3.8, 4) is 0 Å². The van der Waals surface area contributed by atoms with Crippen molar-refractivity contribution in [2.75, 3.05) is 53.4 Å². The van der Waals surface area contributed by atoms with Crippen LogP contribution in [0.15, 0.2) is 0 Å². The molecule has 1 N–H and O–H groups in total. The summed E-state index contributed by atoms with van der Waals surface area (Å²) in [4.78, 5) is 0. The summed E-state index contributed by atoms with van der Waals surface area (Å²) in [5.74, 6) is 0. The van der Waals surface area contributed by atoms with Gasteiger partial charge in [0.2, 0.25) is 0 Å². The molecule has 8 heteroatoms. The minimum Gasteiger partial charge on any atom is -0.391 e. The number of hydrogen-bond donors (Lipinski definition) is 1. The zero-order valence-corrected chi connectivity index (χ0v) is 21.0. The van der Waals surface area contributed by atoms with Crippen LogP contribution < -0.4 is 0 Å². The topological polar surface area (TPSA) is 84.8 Å². The SMILES string of the molecule is CCC(O)COC(C)COC(C)COC(C)COC(C)COC(C)COC(C)COC. The molecule has 0 rings (SSSR count). The summed E-state index contributed by atoms with van der Waals surface area (Å²) in [5, 5.41) is 9.53. The first-order chi connectivity index (χ1) is 14.7. The van der Waals surface area contributed by atoms with Gasteiger partial charge < -0.3 is 38.3 Å². The average molecular weight is 453 g/mol. The molecule has 0 aromatic carbocycles. The summed E-state index contributed by atoms with van der Waals surface area (Å²) < 4.78 is 39.4. The van der Waals surface area contributed by atoms with Gasteiger partial charge in [0.05, 0.1) is 89.0 Å². The Bertz CT molecular complexity index is 398. The zero-order valence-electron chi connectivity index (χ0n) is 21.0. The number of methoxy groups -OCH3 is 1. The van der Waals surface area contributed by atoms with Crippen LogP contribution in [0.1, 0.15) is 54.9 Å². The fraction of sp³-hybridized carbons (Fsp3) is 1.00. The van der Waals surface area contributed by atoms with Gasteiger partial charge in [0.25, 0.3) is 0 Å². The third kappa shape index (κ3) is 18.9. The maximum absolute atomic E-state index is 9.53. The van der Waals surface area contributed by atoms with E-state index < -0.39 is 6.10 Å². The van der Waals surface area contributed by atoms with Crippen LogP contribution in [0.5, 0.6) is 0 Å². The normalized spacial score (nSPS) is 18.9. The molecular weight excluding hydrogens is 404 g/mol. The third-order valence-electron chi connectivity index (χ3n) is 4.52. The quantitative estimate of drug-likeness (QED) is 0.285. The molecule has 0 radical (unpaired) electrons. The van der Waals surface area contributed by atoms with Gasteiger partial charge in [-0.2, -0.15) is 0 Å². The Morgan fingerprint density at radius 2 is 0.742 bits per heavy atom. The number of hydrogen-bond acceptors (Lipinski definition) is 8. The molecule has 0 aromatic heterocycles. The summed E-state index contributed by atoms with van der Waals surface area (Å²) in [7, 11) is 1.66. The second-order valence-electron chi connectivity index (χ2n) is 8.38. The van der Waals surface area contributed by atoms with Crippen LogP contribution in [0.2, 0.25) is 0 Å². The lowest BCUT2D eigenvalue weighted by Crippen LogP contribution is -2.30. The summed E-state index contributed by atoms with van der Waals surface area (Å²) in [6.45, 7) is 17.1. The lowest BCUT2D eigenvalue weighted by molar-refractivity contribution is -0.105. The largest absolute Gasteiger partial charge is 0.391 e. The van der Waals surface area contributed by atoms with E-state index in [9.17, 15) is 5.11 Å². The predicted octanol–water partition coefficient (Wildman–Crippen LogP) is 2.83. The van der Waals surface area contributed by atoms with Crippen molar-refractivity contribution in [2.45, 2.75) is 97.6 Å². The Hall–Kier alpha value is -0.320. The molecule has 0 aliphatic rings. The molecule has 188 valence electrons. The van der Waals surface area contributed by atoms with Crippen LogP contribution in [0, 0.1) is 0 Å². The molecule has 0 aliphatic heterocycles. The van der Waals surface area contributed by atoms with Gasteiger partial charge >= 0.3 is 0 Å². The molecule has 7 atom stereocenters. The standard InChI is InChI=1S/C23H48O8/c1-9-23(24)16-31-22(7)15-30-21(6)14-29-20(5)13-28-19(4)12-27-18(3)11-26-17(2)10-25-8/h17-24H,9-16H2,1-8H3. The lowest BCUT2D eigenvalue weighted by atomic mass is 10.3. The summed E-state index contributed by atoms with van der Waals surface area (Å²) in [5.41, 5.74) is 0. The fourth-order valence-corrected chi connectivity index (χ4v) is 2.42. The van der Waals surface area contributed by atoms with Crippen molar-refractivity contribution < 1.29 is 38.3 Å². The molecule has 0 fully saturated rings. The first kappa shape index (κ1) is 30.7. The van der Waals surface area contributed by atoms with Crippen LogP contribution in [0.4, 0.5) is 0 Å². The Morgan fingerprint density at radius 1 is 0.484 bits per heavy atom. The monoisotopic (exact) mass is 452 g/mol. The summed E-state index contributed by atoms with van der Waals surface area (Å²) in [6, 6.07) is 0. The molecule has 0 saturated carbocycles. The van der Waals surface area contributed by atoms with Crippen LogP contribution in [-0.2, 0) is 33.2 Å². The van der Waals surface area contributed by atoms with E-state index in [0.717, 1.165) is 0 Å². The van der Waals surface area contributed by atoms with Gasteiger partial charge in [-0.3, -0.25) is 0 Å². The van der Waals surface area contributed by atoms with Gasteiger partial charge in [-0.05, 0) is 48.0 Å². The van der Waals surface area contributed by atoms with Gasteiger partial charge in [0, 0.05) is 7.11 Å². The van der Waals surface area contributed by atoms with E-state index in [0.29, 0.717) is 52.7 Å². The second-order valence-corrected chi connectivity index (χ2v) is 8.38. The Labute approximate surface area is 189 Å². The highest BCUT2D eigenvalue weighted by Gasteiger charge is 2.13.